The Balaban J connectivity index is 1.63. The van der Waals surface area contributed by atoms with Crippen LogP contribution in [0.1, 0.15) is 41.5 Å². The predicted molar refractivity (Wildman–Crippen MR) is 145 cm³/mol. The minimum atomic E-state index is -0.582. The van der Waals surface area contributed by atoms with E-state index in [0.29, 0.717) is 34.3 Å². The summed E-state index contributed by atoms with van der Waals surface area (Å²) in [5.74, 6) is -0.487. The van der Waals surface area contributed by atoms with Crippen LogP contribution < -0.4 is 16.6 Å². The van der Waals surface area contributed by atoms with Crippen molar-refractivity contribution >= 4 is 34.1 Å². The van der Waals surface area contributed by atoms with Crippen LogP contribution in [0.5, 0.6) is 0 Å². The molecule has 3 heterocycles. The van der Waals surface area contributed by atoms with E-state index in [1.807, 2.05) is 54.6 Å². The number of pyridine rings is 1. The lowest BCUT2D eigenvalue weighted by Crippen LogP contribution is -2.33. The Bertz CT molecular complexity index is 1740. The highest BCUT2D eigenvalue weighted by molar-refractivity contribution is 6.04. The highest BCUT2D eigenvalue weighted by Gasteiger charge is 2.24. The minimum absolute atomic E-state index is 0.0617. The molecule has 1 unspecified atom stereocenters. The van der Waals surface area contributed by atoms with Crippen molar-refractivity contribution in [3.8, 4) is 5.69 Å². The third-order valence-corrected chi connectivity index (χ3v) is 6.56. The summed E-state index contributed by atoms with van der Waals surface area (Å²) in [6.07, 6.45) is 3.23. The van der Waals surface area contributed by atoms with Crippen LogP contribution in [0.15, 0.2) is 77.9 Å². The second kappa shape index (κ2) is 9.81. The van der Waals surface area contributed by atoms with Crippen molar-refractivity contribution in [3.05, 3.63) is 100 Å². The Labute approximate surface area is 218 Å². The number of nitrogens with one attached hydrogen (secondary N) is 1. The van der Waals surface area contributed by atoms with Crippen molar-refractivity contribution in [3.63, 3.8) is 0 Å². The molecule has 0 aliphatic heterocycles. The molecule has 10 nitrogen and oxygen atoms in total. The molecule has 3 aromatic heterocycles. The maximum atomic E-state index is 14.1. The van der Waals surface area contributed by atoms with Crippen molar-refractivity contribution < 1.29 is 9.59 Å². The zero-order chi connectivity index (χ0) is 27.0. The number of carbonyl (C=O) groups is 2. The van der Waals surface area contributed by atoms with Crippen LogP contribution in [0.25, 0.3) is 22.1 Å². The van der Waals surface area contributed by atoms with Gasteiger partial charge in [-0.05, 0) is 42.1 Å². The molecule has 0 fully saturated rings. The van der Waals surface area contributed by atoms with Gasteiger partial charge in [-0.2, -0.15) is 0 Å². The summed E-state index contributed by atoms with van der Waals surface area (Å²) in [4.78, 5) is 45.1. The van der Waals surface area contributed by atoms with Gasteiger partial charge in [0.05, 0.1) is 11.4 Å². The van der Waals surface area contributed by atoms with Gasteiger partial charge in [0.25, 0.3) is 11.5 Å². The van der Waals surface area contributed by atoms with Gasteiger partial charge >= 0.3 is 0 Å². The van der Waals surface area contributed by atoms with E-state index in [-0.39, 0.29) is 22.8 Å². The van der Waals surface area contributed by atoms with E-state index in [1.54, 1.807) is 41.9 Å². The topological polar surface area (TPSA) is 128 Å². The Morgan fingerprint density at radius 3 is 2.61 bits per heavy atom. The third kappa shape index (κ3) is 4.36. The average molecular weight is 510 g/mol. The number of fused-ring (bicyclic) bond motifs is 2. The van der Waals surface area contributed by atoms with Crippen LogP contribution in [-0.2, 0) is 11.3 Å². The SMILES string of the molecule is CC(=O)N(C)Cc1cccc2cc(C(C)NC(=O)c3c(N)nn4cccnc34)n(-c3ccccc3)c(=O)c12. The number of rotatable bonds is 6. The lowest BCUT2D eigenvalue weighted by molar-refractivity contribution is -0.128. The molecular weight excluding hydrogens is 482 g/mol. The van der Waals surface area contributed by atoms with Gasteiger partial charge in [0, 0.05) is 44.3 Å². The number of anilines is 1. The van der Waals surface area contributed by atoms with Crippen LogP contribution in [0.2, 0.25) is 0 Å². The second-order valence-electron chi connectivity index (χ2n) is 9.15. The second-order valence-corrected chi connectivity index (χ2v) is 9.15. The van der Waals surface area contributed by atoms with Gasteiger partial charge in [-0.15, -0.1) is 5.10 Å². The summed E-state index contributed by atoms with van der Waals surface area (Å²) in [6.45, 7) is 3.59. The number of nitrogens with two attached hydrogens (primary N) is 1. The molecule has 2 amide bonds. The zero-order valence-electron chi connectivity index (χ0n) is 21.3. The number of aromatic nitrogens is 4. The maximum absolute atomic E-state index is 14.1. The molecular formula is C28H27N7O3. The van der Waals surface area contributed by atoms with E-state index >= 15 is 0 Å². The Morgan fingerprint density at radius 1 is 1.11 bits per heavy atom. The largest absolute Gasteiger partial charge is 0.381 e. The lowest BCUT2D eigenvalue weighted by atomic mass is 10.0. The smallest absolute Gasteiger partial charge is 0.263 e. The first-order chi connectivity index (χ1) is 18.3. The standard InChI is InChI=1S/C28H27N7O3/c1-17(31-27(37)24-25(29)32-34-14-8-13-30-26(24)34)22-15-19-9-7-10-20(16-33(3)18(2)36)23(19)28(38)35(22)21-11-5-4-6-12-21/h4-15,17H,16H2,1-3H3,(H2,29,32)(H,31,37). The molecule has 5 aromatic rings. The predicted octanol–water partition coefficient (Wildman–Crippen LogP) is 3.08. The molecule has 38 heavy (non-hydrogen) atoms. The highest BCUT2D eigenvalue weighted by Crippen LogP contribution is 2.25. The van der Waals surface area contributed by atoms with Gasteiger partial charge in [-0.3, -0.25) is 19.0 Å². The van der Waals surface area contributed by atoms with Crippen molar-refractivity contribution in [2.75, 3.05) is 12.8 Å². The van der Waals surface area contributed by atoms with Crippen molar-refractivity contribution in [2.24, 2.45) is 0 Å². The maximum Gasteiger partial charge on any atom is 0.263 e. The first-order valence-electron chi connectivity index (χ1n) is 12.1. The molecule has 0 aliphatic carbocycles. The number of hydrogen-bond donors (Lipinski definition) is 2. The molecule has 0 aliphatic rings. The minimum Gasteiger partial charge on any atom is -0.381 e. The number of benzene rings is 2. The molecule has 192 valence electrons. The first-order valence-corrected chi connectivity index (χ1v) is 12.1. The summed E-state index contributed by atoms with van der Waals surface area (Å²) < 4.78 is 3.05. The molecule has 0 spiro atoms. The summed E-state index contributed by atoms with van der Waals surface area (Å²) in [7, 11) is 1.70. The molecule has 0 bridgehead atoms. The molecule has 0 radical (unpaired) electrons. The van der Waals surface area contributed by atoms with E-state index in [2.05, 4.69) is 15.4 Å². The summed E-state index contributed by atoms with van der Waals surface area (Å²) in [6, 6.07) is 17.8. The van der Waals surface area contributed by atoms with E-state index in [4.69, 9.17) is 5.73 Å². The highest BCUT2D eigenvalue weighted by atomic mass is 16.2. The van der Waals surface area contributed by atoms with Gasteiger partial charge in [-0.1, -0.05) is 36.4 Å². The Hall–Kier alpha value is -4.99. The van der Waals surface area contributed by atoms with E-state index in [9.17, 15) is 14.4 Å². The van der Waals surface area contributed by atoms with Gasteiger partial charge in [0.1, 0.15) is 5.56 Å². The molecule has 0 saturated heterocycles. The molecule has 5 rings (SSSR count). The molecule has 10 heteroatoms. The number of para-hydroxylation sites is 1. The number of nitrogens with zero attached hydrogens (tertiary/aromatic N) is 5. The van der Waals surface area contributed by atoms with Crippen LogP contribution in [0, 0.1) is 0 Å². The van der Waals surface area contributed by atoms with Gasteiger partial charge in [-0.25, -0.2) is 9.50 Å². The van der Waals surface area contributed by atoms with Gasteiger partial charge in [0.2, 0.25) is 5.91 Å². The summed E-state index contributed by atoms with van der Waals surface area (Å²) in [5, 5.41) is 8.37. The van der Waals surface area contributed by atoms with E-state index in [0.717, 1.165) is 5.56 Å². The molecule has 0 saturated carbocycles. The van der Waals surface area contributed by atoms with Crippen LogP contribution >= 0.6 is 0 Å². The summed E-state index contributed by atoms with van der Waals surface area (Å²) in [5.41, 5.74) is 8.30. The van der Waals surface area contributed by atoms with Crippen LogP contribution in [0.4, 0.5) is 5.82 Å². The quantitative estimate of drug-likeness (QED) is 0.362. The third-order valence-electron chi connectivity index (χ3n) is 6.56. The van der Waals surface area contributed by atoms with Crippen molar-refractivity contribution in [1.82, 2.24) is 29.4 Å². The number of nitrogen functional groups attached to an aromatic ring is 1. The average Bonchev–Trinajstić information content (AvgIpc) is 3.24. The monoisotopic (exact) mass is 509 g/mol. The fourth-order valence-electron chi connectivity index (χ4n) is 4.58. The summed E-state index contributed by atoms with van der Waals surface area (Å²) >= 11 is 0. The van der Waals surface area contributed by atoms with Crippen LogP contribution in [-0.4, -0.2) is 42.9 Å². The molecule has 1 atom stereocenters. The van der Waals surface area contributed by atoms with Gasteiger partial charge < -0.3 is 16.0 Å². The lowest BCUT2D eigenvalue weighted by Gasteiger charge is -2.22. The van der Waals surface area contributed by atoms with Crippen molar-refractivity contribution in [1.29, 1.82) is 0 Å². The number of amides is 2. The van der Waals surface area contributed by atoms with Crippen molar-refractivity contribution in [2.45, 2.75) is 26.4 Å². The number of hydrogen-bond acceptors (Lipinski definition) is 6. The number of carbonyl (C=O) groups excluding carboxylic acids is 2. The van der Waals surface area contributed by atoms with Gasteiger partial charge in [0.15, 0.2) is 11.5 Å². The Kier molecular flexibility index (Phi) is 6.38. The Morgan fingerprint density at radius 2 is 1.87 bits per heavy atom. The fraction of sp³-hybridized carbons (Fsp3) is 0.179. The fourth-order valence-corrected chi connectivity index (χ4v) is 4.58. The van der Waals surface area contributed by atoms with E-state index < -0.39 is 11.9 Å². The zero-order valence-corrected chi connectivity index (χ0v) is 21.3. The van der Waals surface area contributed by atoms with E-state index in [1.165, 1.54) is 11.4 Å². The molecule has 2 aromatic carbocycles. The normalized spacial score (nSPS) is 12.0. The van der Waals surface area contributed by atoms with Crippen LogP contribution in [0.3, 0.4) is 0 Å². The molecule has 3 N–H and O–H groups in total. The first kappa shape index (κ1) is 24.7.